The van der Waals surface area contributed by atoms with E-state index >= 15 is 0 Å². The summed E-state index contributed by atoms with van der Waals surface area (Å²) in [5, 5.41) is 3.32. The van der Waals surface area contributed by atoms with Gasteiger partial charge < -0.3 is 5.32 Å². The molecule has 0 saturated heterocycles. The lowest BCUT2D eigenvalue weighted by atomic mass is 10.0. The van der Waals surface area contributed by atoms with Gasteiger partial charge in [0, 0.05) is 29.1 Å². The molecule has 0 aliphatic carbocycles. The maximum absolute atomic E-state index is 13.7. The molecular formula is C13H15FN2S. The average Bonchev–Trinajstić information content (AvgIpc) is 2.82. The minimum atomic E-state index is -0.150. The van der Waals surface area contributed by atoms with Gasteiger partial charge >= 0.3 is 0 Å². The van der Waals surface area contributed by atoms with Gasteiger partial charge in [0.05, 0.1) is 5.51 Å². The molecule has 2 aromatic rings. The van der Waals surface area contributed by atoms with E-state index in [4.69, 9.17) is 0 Å². The van der Waals surface area contributed by atoms with Crippen molar-refractivity contribution in [3.8, 4) is 0 Å². The summed E-state index contributed by atoms with van der Waals surface area (Å²) in [7, 11) is 0. The lowest BCUT2D eigenvalue weighted by Gasteiger charge is -2.18. The van der Waals surface area contributed by atoms with Crippen molar-refractivity contribution in [1.29, 1.82) is 0 Å². The number of thiazole rings is 1. The van der Waals surface area contributed by atoms with E-state index in [1.54, 1.807) is 22.9 Å². The molecule has 0 radical (unpaired) electrons. The van der Waals surface area contributed by atoms with Crippen molar-refractivity contribution in [2.24, 2.45) is 0 Å². The molecule has 17 heavy (non-hydrogen) atoms. The van der Waals surface area contributed by atoms with Crippen LogP contribution in [0, 0.1) is 5.82 Å². The van der Waals surface area contributed by atoms with Crippen LogP contribution in [-0.4, -0.2) is 11.5 Å². The van der Waals surface area contributed by atoms with Crippen molar-refractivity contribution >= 4 is 11.3 Å². The molecule has 0 aliphatic rings. The first-order valence-corrected chi connectivity index (χ1v) is 6.54. The third-order valence-electron chi connectivity index (χ3n) is 2.62. The maximum atomic E-state index is 13.7. The van der Waals surface area contributed by atoms with Gasteiger partial charge in [-0.1, -0.05) is 25.1 Å². The van der Waals surface area contributed by atoms with Crippen LogP contribution in [0.2, 0.25) is 0 Å². The minimum Gasteiger partial charge on any atom is -0.310 e. The van der Waals surface area contributed by atoms with Crippen LogP contribution in [0.4, 0.5) is 4.39 Å². The van der Waals surface area contributed by atoms with Gasteiger partial charge in [0.2, 0.25) is 0 Å². The summed E-state index contributed by atoms with van der Waals surface area (Å²) < 4.78 is 13.7. The van der Waals surface area contributed by atoms with Gasteiger partial charge in [-0.2, -0.15) is 0 Å². The smallest absolute Gasteiger partial charge is 0.127 e. The van der Waals surface area contributed by atoms with E-state index in [0.717, 1.165) is 18.5 Å². The van der Waals surface area contributed by atoms with Crippen LogP contribution in [0.3, 0.4) is 0 Å². The van der Waals surface area contributed by atoms with E-state index in [-0.39, 0.29) is 11.9 Å². The number of nitrogens with zero attached hydrogens (tertiary/aromatic N) is 1. The summed E-state index contributed by atoms with van der Waals surface area (Å²) >= 11 is 1.60. The number of halogens is 1. The Kier molecular flexibility index (Phi) is 4.23. The number of rotatable bonds is 5. The zero-order valence-corrected chi connectivity index (χ0v) is 10.5. The summed E-state index contributed by atoms with van der Waals surface area (Å²) in [6, 6.07) is 6.95. The highest BCUT2D eigenvalue weighted by Gasteiger charge is 2.15. The van der Waals surface area contributed by atoms with E-state index in [0.29, 0.717) is 0 Å². The fraction of sp³-hybridized carbons (Fsp3) is 0.308. The van der Waals surface area contributed by atoms with Crippen LogP contribution < -0.4 is 5.32 Å². The lowest BCUT2D eigenvalue weighted by Crippen LogP contribution is -2.23. The molecule has 1 aromatic carbocycles. The van der Waals surface area contributed by atoms with Crippen molar-refractivity contribution in [3.05, 3.63) is 52.2 Å². The Balaban J connectivity index is 2.20. The van der Waals surface area contributed by atoms with Crippen LogP contribution >= 0.6 is 11.3 Å². The number of nitrogens with one attached hydrogen (secondary N) is 1. The molecule has 0 fully saturated rings. The second-order valence-electron chi connectivity index (χ2n) is 3.80. The first-order chi connectivity index (χ1) is 8.31. The first kappa shape index (κ1) is 12.2. The quantitative estimate of drug-likeness (QED) is 0.881. The zero-order valence-electron chi connectivity index (χ0n) is 9.69. The Labute approximate surface area is 105 Å². The molecule has 0 spiro atoms. The fourth-order valence-corrected chi connectivity index (χ4v) is 2.48. The number of likely N-dealkylation sites (N-methyl/N-ethyl adjacent to an activating group) is 1. The highest BCUT2D eigenvalue weighted by Crippen LogP contribution is 2.22. The number of aromatic nitrogens is 1. The molecular weight excluding hydrogens is 235 g/mol. The molecule has 0 aliphatic heterocycles. The van der Waals surface area contributed by atoms with Crippen LogP contribution in [0.1, 0.15) is 23.4 Å². The Bertz CT molecular complexity index is 456. The lowest BCUT2D eigenvalue weighted by molar-refractivity contribution is 0.512. The molecule has 1 heterocycles. The van der Waals surface area contributed by atoms with Crippen molar-refractivity contribution in [2.45, 2.75) is 19.4 Å². The summed E-state index contributed by atoms with van der Waals surface area (Å²) in [5.41, 5.74) is 2.53. The molecule has 0 saturated carbocycles. The summed E-state index contributed by atoms with van der Waals surface area (Å²) in [6.07, 6.45) is 2.62. The number of hydrogen-bond donors (Lipinski definition) is 1. The van der Waals surface area contributed by atoms with Crippen LogP contribution in [0.15, 0.2) is 36.0 Å². The molecule has 90 valence electrons. The molecule has 1 N–H and O–H groups in total. The normalized spacial score (nSPS) is 12.6. The van der Waals surface area contributed by atoms with Crippen molar-refractivity contribution in [3.63, 3.8) is 0 Å². The van der Waals surface area contributed by atoms with Crippen molar-refractivity contribution in [1.82, 2.24) is 10.3 Å². The van der Waals surface area contributed by atoms with Gasteiger partial charge in [-0.15, -0.1) is 11.3 Å². The van der Waals surface area contributed by atoms with E-state index in [9.17, 15) is 4.39 Å². The van der Waals surface area contributed by atoms with E-state index in [1.807, 2.05) is 25.3 Å². The van der Waals surface area contributed by atoms with Gasteiger partial charge in [0.1, 0.15) is 5.82 Å². The monoisotopic (exact) mass is 250 g/mol. The fourth-order valence-electron chi connectivity index (χ4n) is 1.84. The second-order valence-corrected chi connectivity index (χ2v) is 4.77. The SMILES string of the molecule is CCNC(Cc1cncs1)c1ccccc1F. The van der Waals surface area contributed by atoms with Gasteiger partial charge in [-0.3, -0.25) is 4.98 Å². The third kappa shape index (κ3) is 3.11. The van der Waals surface area contributed by atoms with E-state index < -0.39 is 0 Å². The Morgan fingerprint density at radius 1 is 1.41 bits per heavy atom. The summed E-state index contributed by atoms with van der Waals surface area (Å²) in [6.45, 7) is 2.85. The largest absolute Gasteiger partial charge is 0.310 e. The third-order valence-corrected chi connectivity index (χ3v) is 3.42. The Morgan fingerprint density at radius 3 is 2.88 bits per heavy atom. The molecule has 1 atom stereocenters. The van der Waals surface area contributed by atoms with Gasteiger partial charge in [-0.25, -0.2) is 4.39 Å². The summed E-state index contributed by atoms with van der Waals surface area (Å²) in [4.78, 5) is 5.21. The molecule has 0 bridgehead atoms. The summed E-state index contributed by atoms with van der Waals surface area (Å²) in [5.74, 6) is -0.150. The highest BCUT2D eigenvalue weighted by molar-refractivity contribution is 7.09. The maximum Gasteiger partial charge on any atom is 0.127 e. The second kappa shape index (κ2) is 5.89. The average molecular weight is 250 g/mol. The standard InChI is InChI=1S/C13H15FN2S/c1-2-16-13(7-10-8-15-9-17-10)11-5-3-4-6-12(11)14/h3-6,8-9,13,16H,2,7H2,1H3. The zero-order chi connectivity index (χ0) is 12.1. The topological polar surface area (TPSA) is 24.9 Å². The van der Waals surface area contributed by atoms with E-state index in [1.165, 1.54) is 10.9 Å². The minimum absolute atomic E-state index is 0.0154. The molecule has 4 heteroatoms. The Hall–Kier alpha value is -1.26. The molecule has 0 amide bonds. The Morgan fingerprint density at radius 2 is 2.24 bits per heavy atom. The number of benzene rings is 1. The van der Waals surface area contributed by atoms with Crippen LogP contribution in [0.25, 0.3) is 0 Å². The van der Waals surface area contributed by atoms with Crippen molar-refractivity contribution < 1.29 is 4.39 Å². The molecule has 2 rings (SSSR count). The molecule has 2 nitrogen and oxygen atoms in total. The molecule has 1 unspecified atom stereocenters. The predicted octanol–water partition coefficient (Wildman–Crippen LogP) is 3.18. The van der Waals surface area contributed by atoms with E-state index in [2.05, 4.69) is 10.3 Å². The molecule has 1 aromatic heterocycles. The van der Waals surface area contributed by atoms with Crippen LogP contribution in [0.5, 0.6) is 0 Å². The van der Waals surface area contributed by atoms with Gasteiger partial charge in [0.15, 0.2) is 0 Å². The predicted molar refractivity (Wildman–Crippen MR) is 68.6 cm³/mol. The van der Waals surface area contributed by atoms with Gasteiger partial charge in [-0.05, 0) is 12.6 Å². The van der Waals surface area contributed by atoms with Crippen molar-refractivity contribution in [2.75, 3.05) is 6.54 Å². The first-order valence-electron chi connectivity index (χ1n) is 5.66. The van der Waals surface area contributed by atoms with Gasteiger partial charge in [0.25, 0.3) is 0 Å². The highest BCUT2D eigenvalue weighted by atomic mass is 32.1. The van der Waals surface area contributed by atoms with Crippen LogP contribution in [-0.2, 0) is 6.42 Å². The number of hydrogen-bond acceptors (Lipinski definition) is 3.